The molecule has 1 saturated heterocycles. The van der Waals surface area contributed by atoms with E-state index in [-0.39, 0.29) is 28.0 Å². The molecule has 5 rings (SSSR count). The van der Waals surface area contributed by atoms with Crippen molar-refractivity contribution in [2.45, 2.75) is 50.0 Å². The number of benzene rings is 3. The van der Waals surface area contributed by atoms with Crippen LogP contribution in [0.15, 0.2) is 82.1 Å². The van der Waals surface area contributed by atoms with Gasteiger partial charge in [0, 0.05) is 35.9 Å². The Labute approximate surface area is 223 Å². The molecule has 1 aliphatic rings. The van der Waals surface area contributed by atoms with Gasteiger partial charge in [-0.05, 0) is 59.7 Å². The average molecular weight is 533 g/mol. The lowest BCUT2D eigenvalue weighted by molar-refractivity contribution is 0.0685. The highest BCUT2D eigenvalue weighted by atomic mass is 32.2. The summed E-state index contributed by atoms with van der Waals surface area (Å²) in [5.41, 5.74) is 3.28. The highest BCUT2D eigenvalue weighted by Crippen LogP contribution is 2.37. The molecule has 0 bridgehead atoms. The molecule has 0 spiro atoms. The zero-order chi connectivity index (χ0) is 26.9. The lowest BCUT2D eigenvalue weighted by Crippen LogP contribution is -2.38. The number of rotatable bonds is 6. The van der Waals surface area contributed by atoms with Crippen molar-refractivity contribution in [3.8, 4) is 11.1 Å². The summed E-state index contributed by atoms with van der Waals surface area (Å²) in [4.78, 5) is 13.5. The molecule has 1 fully saturated rings. The van der Waals surface area contributed by atoms with Crippen LogP contribution in [0.25, 0.3) is 22.1 Å². The molecule has 8 heteroatoms. The Bertz CT molecular complexity index is 1550. The number of carbonyl (C=O) groups is 1. The van der Waals surface area contributed by atoms with Crippen LogP contribution in [0.4, 0.5) is 5.69 Å². The van der Waals surface area contributed by atoms with Crippen molar-refractivity contribution in [3.63, 3.8) is 0 Å². The summed E-state index contributed by atoms with van der Waals surface area (Å²) in [5, 5.41) is 3.72. The van der Waals surface area contributed by atoms with E-state index in [1.165, 1.54) is 0 Å². The number of nitrogens with one attached hydrogen (secondary N) is 2. The summed E-state index contributed by atoms with van der Waals surface area (Å²) in [6.45, 7) is 7.46. The predicted octanol–water partition coefficient (Wildman–Crippen LogP) is 6.11. The third-order valence-corrected chi connectivity index (χ3v) is 8.19. The monoisotopic (exact) mass is 532 g/mol. The van der Waals surface area contributed by atoms with Gasteiger partial charge in [0.15, 0.2) is 0 Å². The fourth-order valence-electron chi connectivity index (χ4n) is 4.65. The zero-order valence-electron chi connectivity index (χ0n) is 21.8. The van der Waals surface area contributed by atoms with Gasteiger partial charge >= 0.3 is 0 Å². The third-order valence-electron chi connectivity index (χ3n) is 6.80. The normalized spacial score (nSPS) is 14.9. The molecule has 0 atom stereocenters. The number of carbonyl (C=O) groups excluding carboxylic acids is 1. The smallest absolute Gasteiger partial charge is 0.287 e. The van der Waals surface area contributed by atoms with Gasteiger partial charge in [0.25, 0.3) is 15.9 Å². The summed E-state index contributed by atoms with van der Waals surface area (Å²) in [7, 11) is -3.82. The van der Waals surface area contributed by atoms with Crippen LogP contribution in [0.2, 0.25) is 0 Å². The van der Waals surface area contributed by atoms with Crippen LogP contribution in [-0.4, -0.2) is 33.6 Å². The predicted molar refractivity (Wildman–Crippen MR) is 149 cm³/mol. The first kappa shape index (κ1) is 26.0. The average Bonchev–Trinajstić information content (AvgIpc) is 3.28. The van der Waals surface area contributed by atoms with Crippen molar-refractivity contribution in [3.05, 3.63) is 84.1 Å². The highest BCUT2D eigenvalue weighted by molar-refractivity contribution is 7.92. The minimum absolute atomic E-state index is 0.0140. The largest absolute Gasteiger partial charge is 0.450 e. The van der Waals surface area contributed by atoms with E-state index in [0.29, 0.717) is 35.4 Å². The highest BCUT2D eigenvalue weighted by Gasteiger charge is 2.26. The second-order valence-electron chi connectivity index (χ2n) is 10.6. The Kier molecular flexibility index (Phi) is 7.03. The molecular weight excluding hydrogens is 500 g/mol. The number of anilines is 1. The minimum atomic E-state index is -3.82. The van der Waals surface area contributed by atoms with Crippen molar-refractivity contribution < 1.29 is 22.4 Å². The first-order valence-corrected chi connectivity index (χ1v) is 14.2. The van der Waals surface area contributed by atoms with Gasteiger partial charge in [-0.3, -0.25) is 9.52 Å². The summed E-state index contributed by atoms with van der Waals surface area (Å²) in [5.74, 6) is -0.0940. The first-order chi connectivity index (χ1) is 18.1. The van der Waals surface area contributed by atoms with E-state index < -0.39 is 10.0 Å². The molecule has 0 aliphatic carbocycles. The molecule has 38 heavy (non-hydrogen) atoms. The van der Waals surface area contributed by atoms with Gasteiger partial charge in [0.05, 0.1) is 4.90 Å². The molecule has 198 valence electrons. The topological polar surface area (TPSA) is 97.6 Å². The number of sulfonamides is 1. The van der Waals surface area contributed by atoms with Crippen LogP contribution in [0.5, 0.6) is 0 Å². The van der Waals surface area contributed by atoms with Crippen LogP contribution in [0.1, 0.15) is 49.7 Å². The summed E-state index contributed by atoms with van der Waals surface area (Å²) < 4.78 is 40.5. The van der Waals surface area contributed by atoms with Gasteiger partial charge in [0.1, 0.15) is 5.58 Å². The fourth-order valence-corrected chi connectivity index (χ4v) is 5.70. The summed E-state index contributed by atoms with van der Waals surface area (Å²) >= 11 is 0. The molecule has 0 saturated carbocycles. The number of hydrogen-bond donors (Lipinski definition) is 2. The second kappa shape index (κ2) is 10.3. The fraction of sp³-hybridized carbons (Fsp3) is 0.300. The molecule has 4 aromatic rings. The van der Waals surface area contributed by atoms with Crippen molar-refractivity contribution in [1.29, 1.82) is 0 Å². The maximum Gasteiger partial charge on any atom is 0.287 e. The van der Waals surface area contributed by atoms with Crippen LogP contribution in [0.3, 0.4) is 0 Å². The van der Waals surface area contributed by atoms with Crippen LogP contribution in [-0.2, 0) is 20.2 Å². The van der Waals surface area contributed by atoms with Crippen LogP contribution < -0.4 is 10.0 Å². The van der Waals surface area contributed by atoms with Crippen LogP contribution in [0, 0.1) is 0 Å². The Balaban J connectivity index is 1.50. The molecule has 0 unspecified atom stereocenters. The van der Waals surface area contributed by atoms with E-state index in [1.807, 2.05) is 42.5 Å². The number of ether oxygens (including phenoxy) is 1. The molecule has 2 N–H and O–H groups in total. The summed E-state index contributed by atoms with van der Waals surface area (Å²) in [6, 6.07) is 21.5. The Morgan fingerprint density at radius 3 is 2.26 bits per heavy atom. The number of hydrogen-bond acceptors (Lipinski definition) is 5. The first-order valence-electron chi connectivity index (χ1n) is 12.8. The standard InChI is InChI=1S/C30H32N2O5S/c1-30(2,3)21-9-12-24(13-10-21)38(34,35)32-23-11-14-26-25(19-23)27(20-7-5-4-6-8-20)28(37-26)29(33)31-22-15-17-36-18-16-22/h4-14,19,22,32H,15-18H2,1-3H3,(H,31,33). The number of amides is 1. The molecule has 0 radical (unpaired) electrons. The molecule has 1 aromatic heterocycles. The lowest BCUT2D eigenvalue weighted by atomic mass is 9.87. The number of fused-ring (bicyclic) bond motifs is 1. The molecule has 7 nitrogen and oxygen atoms in total. The second-order valence-corrected chi connectivity index (χ2v) is 12.3. The lowest BCUT2D eigenvalue weighted by Gasteiger charge is -2.22. The molecular formula is C30H32N2O5S. The van der Waals surface area contributed by atoms with Gasteiger partial charge in [-0.1, -0.05) is 63.2 Å². The molecule has 2 heterocycles. The van der Waals surface area contributed by atoms with Gasteiger partial charge in [0.2, 0.25) is 5.76 Å². The van der Waals surface area contributed by atoms with Crippen molar-refractivity contribution >= 4 is 32.6 Å². The van der Waals surface area contributed by atoms with Gasteiger partial charge in [-0.15, -0.1) is 0 Å². The van der Waals surface area contributed by atoms with E-state index in [9.17, 15) is 13.2 Å². The summed E-state index contributed by atoms with van der Waals surface area (Å²) in [6.07, 6.45) is 1.49. The van der Waals surface area contributed by atoms with Gasteiger partial charge < -0.3 is 14.5 Å². The zero-order valence-corrected chi connectivity index (χ0v) is 22.6. The maximum atomic E-state index is 13.3. The van der Waals surface area contributed by atoms with E-state index in [1.54, 1.807) is 30.3 Å². The van der Waals surface area contributed by atoms with Crippen molar-refractivity contribution in [1.82, 2.24) is 5.32 Å². The van der Waals surface area contributed by atoms with Gasteiger partial charge in [-0.25, -0.2) is 8.42 Å². The van der Waals surface area contributed by atoms with E-state index >= 15 is 0 Å². The Morgan fingerprint density at radius 1 is 0.921 bits per heavy atom. The number of furan rings is 1. The quantitative estimate of drug-likeness (QED) is 0.312. The van der Waals surface area contributed by atoms with E-state index in [4.69, 9.17) is 9.15 Å². The van der Waals surface area contributed by atoms with E-state index in [0.717, 1.165) is 24.0 Å². The van der Waals surface area contributed by atoms with Gasteiger partial charge in [-0.2, -0.15) is 0 Å². The van der Waals surface area contributed by atoms with Crippen LogP contribution >= 0.6 is 0 Å². The maximum absolute atomic E-state index is 13.3. The van der Waals surface area contributed by atoms with Crippen molar-refractivity contribution in [2.75, 3.05) is 17.9 Å². The molecule has 3 aromatic carbocycles. The Morgan fingerprint density at radius 2 is 1.61 bits per heavy atom. The van der Waals surface area contributed by atoms with E-state index in [2.05, 4.69) is 30.8 Å². The third kappa shape index (κ3) is 5.47. The van der Waals surface area contributed by atoms with Crippen molar-refractivity contribution in [2.24, 2.45) is 0 Å². The SMILES string of the molecule is CC(C)(C)c1ccc(S(=O)(=O)Nc2ccc3oc(C(=O)NC4CCOCC4)c(-c4ccccc4)c3c2)cc1. The molecule has 1 aliphatic heterocycles. The Hall–Kier alpha value is -3.62. The molecule has 1 amide bonds. The minimum Gasteiger partial charge on any atom is -0.450 e.